The first-order valence-corrected chi connectivity index (χ1v) is 6.71. The first-order chi connectivity index (χ1) is 9.54. The Kier molecular flexibility index (Phi) is 3.10. The van der Waals surface area contributed by atoms with Crippen LogP contribution >= 0.6 is 15.9 Å². The minimum Gasteiger partial charge on any atom is -0.448 e. The maximum atomic E-state index is 13.1. The lowest BCUT2D eigenvalue weighted by Gasteiger charge is -2.05. The van der Waals surface area contributed by atoms with Gasteiger partial charge in [0.15, 0.2) is 16.1 Å². The van der Waals surface area contributed by atoms with Crippen LogP contribution in [0, 0.1) is 12.7 Å². The minimum atomic E-state index is -0.276. The predicted molar refractivity (Wildman–Crippen MR) is 78.1 cm³/mol. The Balaban J connectivity index is 2.08. The molecule has 2 aromatic heterocycles. The minimum absolute atomic E-state index is 0.276. The standard InChI is InChI=1S/C14H11BrFN3O/c1-8-6-9(16)2-3-11(8)19-7-10(17)14(18-19)12-4-5-13(15)20-12/h2-7H,17H2,1H3. The van der Waals surface area contributed by atoms with E-state index in [1.165, 1.54) is 12.1 Å². The maximum Gasteiger partial charge on any atom is 0.169 e. The molecule has 0 atom stereocenters. The molecule has 20 heavy (non-hydrogen) atoms. The molecule has 0 saturated carbocycles. The number of hydrogen-bond acceptors (Lipinski definition) is 3. The molecule has 6 heteroatoms. The van der Waals surface area contributed by atoms with Crippen LogP contribution in [-0.4, -0.2) is 9.78 Å². The van der Waals surface area contributed by atoms with Crippen LogP contribution in [0.4, 0.5) is 10.1 Å². The van der Waals surface area contributed by atoms with Gasteiger partial charge < -0.3 is 10.2 Å². The highest BCUT2D eigenvalue weighted by Gasteiger charge is 2.14. The zero-order chi connectivity index (χ0) is 14.3. The SMILES string of the molecule is Cc1cc(F)ccc1-n1cc(N)c(-c2ccc(Br)o2)n1. The molecular weight excluding hydrogens is 325 g/mol. The molecule has 0 radical (unpaired) electrons. The summed E-state index contributed by atoms with van der Waals surface area (Å²) in [6.07, 6.45) is 1.69. The fourth-order valence-corrected chi connectivity index (χ4v) is 2.33. The summed E-state index contributed by atoms with van der Waals surface area (Å²) in [6, 6.07) is 8.07. The monoisotopic (exact) mass is 335 g/mol. The van der Waals surface area contributed by atoms with Gasteiger partial charge >= 0.3 is 0 Å². The van der Waals surface area contributed by atoms with Gasteiger partial charge in [-0.1, -0.05) is 0 Å². The van der Waals surface area contributed by atoms with Crippen molar-refractivity contribution in [2.24, 2.45) is 0 Å². The Hall–Kier alpha value is -2.08. The van der Waals surface area contributed by atoms with E-state index in [1.807, 2.05) is 6.92 Å². The van der Waals surface area contributed by atoms with E-state index in [-0.39, 0.29) is 5.82 Å². The van der Waals surface area contributed by atoms with Crippen LogP contribution in [0.5, 0.6) is 0 Å². The van der Waals surface area contributed by atoms with Gasteiger partial charge in [0, 0.05) is 0 Å². The number of aryl methyl sites for hydroxylation is 1. The molecule has 1 aromatic carbocycles. The van der Waals surface area contributed by atoms with Gasteiger partial charge in [0.2, 0.25) is 0 Å². The zero-order valence-electron chi connectivity index (χ0n) is 10.6. The number of anilines is 1. The Morgan fingerprint density at radius 3 is 2.75 bits per heavy atom. The van der Waals surface area contributed by atoms with Gasteiger partial charge in [-0.3, -0.25) is 0 Å². The molecule has 0 aliphatic carbocycles. The Morgan fingerprint density at radius 2 is 2.10 bits per heavy atom. The number of nitrogen functional groups attached to an aromatic ring is 1. The van der Waals surface area contributed by atoms with Crippen molar-refractivity contribution in [1.29, 1.82) is 0 Å². The third kappa shape index (κ3) is 2.22. The van der Waals surface area contributed by atoms with E-state index in [2.05, 4.69) is 21.0 Å². The topological polar surface area (TPSA) is 57.0 Å². The number of rotatable bonds is 2. The summed E-state index contributed by atoms with van der Waals surface area (Å²) in [5.41, 5.74) is 8.57. The lowest BCUT2D eigenvalue weighted by molar-refractivity contribution is 0.553. The Morgan fingerprint density at radius 1 is 1.30 bits per heavy atom. The molecule has 3 aromatic rings. The maximum absolute atomic E-state index is 13.1. The number of nitrogens with zero attached hydrogens (tertiary/aromatic N) is 2. The predicted octanol–water partition coefficient (Wildman–Crippen LogP) is 3.92. The molecule has 0 aliphatic rings. The van der Waals surface area contributed by atoms with Gasteiger partial charge in [0.05, 0.1) is 17.6 Å². The number of hydrogen-bond donors (Lipinski definition) is 1. The van der Waals surface area contributed by atoms with Crippen molar-refractivity contribution in [1.82, 2.24) is 9.78 Å². The molecule has 0 aliphatic heterocycles. The fraction of sp³-hybridized carbons (Fsp3) is 0.0714. The van der Waals surface area contributed by atoms with Gasteiger partial charge in [0.1, 0.15) is 5.82 Å². The molecule has 0 fully saturated rings. The number of furan rings is 1. The number of aromatic nitrogens is 2. The van der Waals surface area contributed by atoms with Crippen molar-refractivity contribution >= 4 is 21.6 Å². The van der Waals surface area contributed by atoms with Gasteiger partial charge in [-0.25, -0.2) is 9.07 Å². The summed E-state index contributed by atoms with van der Waals surface area (Å²) in [6.45, 7) is 1.82. The lowest BCUT2D eigenvalue weighted by atomic mass is 10.2. The molecule has 2 heterocycles. The molecule has 0 saturated heterocycles. The van der Waals surface area contributed by atoms with E-state index in [4.69, 9.17) is 10.2 Å². The van der Waals surface area contributed by atoms with E-state index < -0.39 is 0 Å². The highest BCUT2D eigenvalue weighted by atomic mass is 79.9. The van der Waals surface area contributed by atoms with Crippen LogP contribution in [-0.2, 0) is 0 Å². The normalized spacial score (nSPS) is 10.9. The van der Waals surface area contributed by atoms with E-state index in [1.54, 1.807) is 29.1 Å². The molecule has 102 valence electrons. The van der Waals surface area contributed by atoms with Gasteiger partial charge in [0.25, 0.3) is 0 Å². The van der Waals surface area contributed by atoms with E-state index >= 15 is 0 Å². The van der Waals surface area contributed by atoms with Crippen LogP contribution < -0.4 is 5.73 Å². The average molecular weight is 336 g/mol. The molecule has 2 N–H and O–H groups in total. The van der Waals surface area contributed by atoms with Crippen molar-refractivity contribution in [2.45, 2.75) is 6.92 Å². The summed E-state index contributed by atoms with van der Waals surface area (Å²) in [4.78, 5) is 0. The third-order valence-electron chi connectivity index (χ3n) is 2.95. The number of nitrogens with two attached hydrogens (primary N) is 1. The fourth-order valence-electron chi connectivity index (χ4n) is 2.02. The largest absolute Gasteiger partial charge is 0.448 e. The van der Waals surface area contributed by atoms with E-state index in [0.717, 1.165) is 11.3 Å². The van der Waals surface area contributed by atoms with Crippen molar-refractivity contribution < 1.29 is 8.81 Å². The Bertz CT molecular complexity index is 779. The first-order valence-electron chi connectivity index (χ1n) is 5.92. The lowest BCUT2D eigenvalue weighted by Crippen LogP contribution is -1.98. The highest BCUT2D eigenvalue weighted by molar-refractivity contribution is 9.10. The van der Waals surface area contributed by atoms with Crippen LogP contribution in [0.15, 0.2) is 45.6 Å². The Labute approximate surface area is 123 Å². The quantitative estimate of drug-likeness (QED) is 0.772. The molecule has 0 spiro atoms. The molecule has 0 unspecified atom stereocenters. The molecule has 3 rings (SSSR count). The number of halogens is 2. The summed E-state index contributed by atoms with van der Waals surface area (Å²) < 4.78 is 20.8. The second-order valence-corrected chi connectivity index (χ2v) is 5.19. The van der Waals surface area contributed by atoms with Gasteiger partial charge in [-0.2, -0.15) is 5.10 Å². The van der Waals surface area contributed by atoms with Crippen LogP contribution in [0.25, 0.3) is 17.1 Å². The molecule has 0 bridgehead atoms. The first kappa shape index (κ1) is 12.9. The summed E-state index contributed by atoms with van der Waals surface area (Å²) in [5.74, 6) is 0.300. The van der Waals surface area contributed by atoms with Crippen molar-refractivity contribution in [2.75, 3.05) is 5.73 Å². The second-order valence-electron chi connectivity index (χ2n) is 4.41. The van der Waals surface area contributed by atoms with Crippen LogP contribution in [0.3, 0.4) is 0 Å². The molecule has 4 nitrogen and oxygen atoms in total. The summed E-state index contributed by atoms with van der Waals surface area (Å²) in [5, 5.41) is 4.41. The zero-order valence-corrected chi connectivity index (χ0v) is 12.2. The van der Waals surface area contributed by atoms with Crippen molar-refractivity contribution in [3.8, 4) is 17.1 Å². The van der Waals surface area contributed by atoms with Crippen LogP contribution in [0.2, 0.25) is 0 Å². The van der Waals surface area contributed by atoms with E-state index in [9.17, 15) is 4.39 Å². The average Bonchev–Trinajstić information content (AvgIpc) is 2.95. The number of benzene rings is 1. The molecule has 0 amide bonds. The van der Waals surface area contributed by atoms with Crippen molar-refractivity contribution in [3.63, 3.8) is 0 Å². The summed E-state index contributed by atoms with van der Waals surface area (Å²) >= 11 is 3.24. The highest BCUT2D eigenvalue weighted by Crippen LogP contribution is 2.29. The molecular formula is C14H11BrFN3O. The van der Waals surface area contributed by atoms with E-state index in [0.29, 0.717) is 21.8 Å². The van der Waals surface area contributed by atoms with Gasteiger partial charge in [-0.05, 0) is 58.7 Å². The second kappa shape index (κ2) is 4.79. The van der Waals surface area contributed by atoms with Gasteiger partial charge in [-0.15, -0.1) is 0 Å². The van der Waals surface area contributed by atoms with Crippen LogP contribution in [0.1, 0.15) is 5.56 Å². The van der Waals surface area contributed by atoms with Crippen molar-refractivity contribution in [3.05, 3.63) is 52.6 Å². The smallest absolute Gasteiger partial charge is 0.169 e. The summed E-state index contributed by atoms with van der Waals surface area (Å²) in [7, 11) is 0. The third-order valence-corrected chi connectivity index (χ3v) is 3.38.